The van der Waals surface area contributed by atoms with E-state index in [2.05, 4.69) is 43.7 Å². The van der Waals surface area contributed by atoms with Crippen molar-refractivity contribution >= 4 is 27.8 Å². The van der Waals surface area contributed by atoms with Crippen molar-refractivity contribution in [2.24, 2.45) is 4.99 Å². The van der Waals surface area contributed by atoms with Gasteiger partial charge in [0.25, 0.3) is 5.91 Å². The highest BCUT2D eigenvalue weighted by molar-refractivity contribution is 9.10. The van der Waals surface area contributed by atoms with Crippen LogP contribution >= 0.6 is 15.9 Å². The molecule has 0 aliphatic rings. The lowest BCUT2D eigenvalue weighted by Gasteiger charge is -2.12. The van der Waals surface area contributed by atoms with Gasteiger partial charge < -0.3 is 15.5 Å². The number of nitrogens with one attached hydrogen (secondary N) is 2. The summed E-state index contributed by atoms with van der Waals surface area (Å²) in [6.45, 7) is 4.09. The number of aliphatic imine (C=N–C) groups is 1. The van der Waals surface area contributed by atoms with Crippen molar-refractivity contribution in [3.8, 4) is 0 Å². The minimum atomic E-state index is 0.00422. The Morgan fingerprint density at radius 1 is 1.00 bits per heavy atom. The molecule has 2 aromatic carbocycles. The van der Waals surface area contributed by atoms with Gasteiger partial charge in [-0.05, 0) is 42.3 Å². The highest BCUT2D eigenvalue weighted by Gasteiger charge is 2.07. The molecule has 6 heteroatoms. The summed E-state index contributed by atoms with van der Waals surface area (Å²) in [6, 6.07) is 15.8. The topological polar surface area (TPSA) is 56.7 Å². The number of amides is 1. The molecule has 0 aliphatic heterocycles. The van der Waals surface area contributed by atoms with Crippen LogP contribution in [0.25, 0.3) is 0 Å². The van der Waals surface area contributed by atoms with Crippen molar-refractivity contribution in [2.45, 2.75) is 20.0 Å². The van der Waals surface area contributed by atoms with E-state index in [0.29, 0.717) is 18.7 Å². The summed E-state index contributed by atoms with van der Waals surface area (Å²) in [4.78, 5) is 18.1. The highest BCUT2D eigenvalue weighted by atomic mass is 79.9. The van der Waals surface area contributed by atoms with E-state index in [9.17, 15) is 4.79 Å². The minimum Gasteiger partial charge on any atom is -0.357 e. The van der Waals surface area contributed by atoms with Crippen LogP contribution in [0.15, 0.2) is 58.0 Å². The van der Waals surface area contributed by atoms with E-state index in [1.165, 1.54) is 5.56 Å². The molecule has 0 spiro atoms. The minimum absolute atomic E-state index is 0.00422. The first-order valence-electron chi connectivity index (χ1n) is 8.57. The third-order valence-corrected chi connectivity index (χ3v) is 4.27. The molecule has 0 atom stereocenters. The molecule has 0 heterocycles. The zero-order valence-corrected chi connectivity index (χ0v) is 17.0. The summed E-state index contributed by atoms with van der Waals surface area (Å²) in [6.07, 6.45) is 0. The van der Waals surface area contributed by atoms with E-state index in [-0.39, 0.29) is 5.91 Å². The van der Waals surface area contributed by atoms with E-state index in [1.807, 2.05) is 43.3 Å². The normalized spacial score (nSPS) is 11.2. The van der Waals surface area contributed by atoms with Gasteiger partial charge in [-0.3, -0.25) is 4.79 Å². The van der Waals surface area contributed by atoms with Gasteiger partial charge >= 0.3 is 0 Å². The summed E-state index contributed by atoms with van der Waals surface area (Å²) in [7, 11) is 3.50. The molecule has 1 amide bonds. The zero-order valence-electron chi connectivity index (χ0n) is 15.4. The van der Waals surface area contributed by atoms with Crippen LogP contribution in [0.4, 0.5) is 0 Å². The smallest absolute Gasteiger partial charge is 0.253 e. The molecule has 0 unspecified atom stereocenters. The molecule has 0 aromatic heterocycles. The lowest BCUT2D eigenvalue weighted by Crippen LogP contribution is -2.36. The predicted molar refractivity (Wildman–Crippen MR) is 110 cm³/mol. The largest absolute Gasteiger partial charge is 0.357 e. The second kappa shape index (κ2) is 9.97. The Balaban J connectivity index is 1.97. The molecule has 138 valence electrons. The second-order valence-electron chi connectivity index (χ2n) is 6.07. The Kier molecular flexibility index (Phi) is 7.66. The number of guanidine groups is 1. The van der Waals surface area contributed by atoms with Gasteiger partial charge in [0.05, 0.1) is 6.54 Å². The summed E-state index contributed by atoms with van der Waals surface area (Å²) in [5, 5.41) is 6.58. The van der Waals surface area contributed by atoms with Crippen LogP contribution in [0.2, 0.25) is 0 Å². The van der Waals surface area contributed by atoms with Crippen LogP contribution in [0.1, 0.15) is 28.4 Å². The maximum Gasteiger partial charge on any atom is 0.253 e. The molecule has 26 heavy (non-hydrogen) atoms. The zero-order chi connectivity index (χ0) is 18.9. The van der Waals surface area contributed by atoms with Gasteiger partial charge in [0.15, 0.2) is 5.96 Å². The fourth-order valence-corrected chi connectivity index (χ4v) is 2.58. The van der Waals surface area contributed by atoms with Gasteiger partial charge in [-0.25, -0.2) is 4.99 Å². The average molecular weight is 417 g/mol. The standard InChI is InChI=1S/C20H25BrN4O/c1-4-22-20(24-14-16-7-11-18(21)12-8-16)23-13-15-5-9-17(10-6-15)19(26)25(2)3/h5-12H,4,13-14H2,1-3H3,(H2,22,23,24). The quantitative estimate of drug-likeness (QED) is 0.560. The average Bonchev–Trinajstić information content (AvgIpc) is 2.65. The Morgan fingerprint density at radius 3 is 2.19 bits per heavy atom. The fraction of sp³-hybridized carbons (Fsp3) is 0.300. The second-order valence-corrected chi connectivity index (χ2v) is 6.99. The number of hydrogen-bond donors (Lipinski definition) is 2. The maximum atomic E-state index is 11.9. The van der Waals surface area contributed by atoms with E-state index in [0.717, 1.165) is 22.5 Å². The summed E-state index contributed by atoms with van der Waals surface area (Å²) < 4.78 is 1.07. The fourth-order valence-electron chi connectivity index (χ4n) is 2.31. The van der Waals surface area contributed by atoms with Crippen LogP contribution in [-0.2, 0) is 13.1 Å². The van der Waals surface area contributed by atoms with E-state index in [4.69, 9.17) is 0 Å². The Morgan fingerprint density at radius 2 is 1.62 bits per heavy atom. The molecule has 0 saturated heterocycles. The molecular formula is C20H25BrN4O. The van der Waals surface area contributed by atoms with Crippen molar-refractivity contribution in [1.29, 1.82) is 0 Å². The van der Waals surface area contributed by atoms with Crippen molar-refractivity contribution in [3.63, 3.8) is 0 Å². The molecule has 0 aliphatic carbocycles. The van der Waals surface area contributed by atoms with E-state index in [1.54, 1.807) is 19.0 Å². The first-order valence-corrected chi connectivity index (χ1v) is 9.36. The Labute approximate surface area is 163 Å². The van der Waals surface area contributed by atoms with Gasteiger partial charge in [0.2, 0.25) is 0 Å². The predicted octanol–water partition coefficient (Wildman–Crippen LogP) is 3.41. The van der Waals surface area contributed by atoms with Gasteiger partial charge in [0.1, 0.15) is 0 Å². The monoisotopic (exact) mass is 416 g/mol. The van der Waals surface area contributed by atoms with Crippen molar-refractivity contribution in [3.05, 3.63) is 69.7 Å². The molecule has 0 bridgehead atoms. The van der Waals surface area contributed by atoms with Crippen LogP contribution in [-0.4, -0.2) is 37.4 Å². The number of hydrogen-bond acceptors (Lipinski definition) is 2. The summed E-state index contributed by atoms with van der Waals surface area (Å²) in [5.74, 6) is 0.772. The van der Waals surface area contributed by atoms with Crippen LogP contribution < -0.4 is 10.6 Å². The van der Waals surface area contributed by atoms with Gasteiger partial charge in [-0.1, -0.05) is 40.2 Å². The number of carbonyl (C=O) groups is 1. The molecule has 2 rings (SSSR count). The Bertz CT molecular complexity index is 739. The van der Waals surface area contributed by atoms with Gasteiger partial charge in [0, 0.05) is 37.2 Å². The van der Waals surface area contributed by atoms with Crippen molar-refractivity contribution in [1.82, 2.24) is 15.5 Å². The summed E-state index contributed by atoms with van der Waals surface area (Å²) in [5.41, 5.74) is 2.93. The van der Waals surface area contributed by atoms with Crippen LogP contribution in [0.3, 0.4) is 0 Å². The number of benzene rings is 2. The molecule has 0 saturated carbocycles. The first kappa shape index (κ1) is 20.0. The van der Waals surface area contributed by atoms with Crippen molar-refractivity contribution < 1.29 is 4.79 Å². The molecule has 0 radical (unpaired) electrons. The molecular weight excluding hydrogens is 392 g/mol. The third-order valence-electron chi connectivity index (χ3n) is 3.74. The first-order chi connectivity index (χ1) is 12.5. The SMILES string of the molecule is CCNC(=NCc1ccc(C(=O)N(C)C)cc1)NCc1ccc(Br)cc1. The molecule has 0 fully saturated rings. The lowest BCUT2D eigenvalue weighted by atomic mass is 10.1. The van der Waals surface area contributed by atoms with Crippen LogP contribution in [0.5, 0.6) is 0 Å². The highest BCUT2D eigenvalue weighted by Crippen LogP contribution is 2.10. The molecule has 5 nitrogen and oxygen atoms in total. The van der Waals surface area contributed by atoms with Crippen molar-refractivity contribution in [2.75, 3.05) is 20.6 Å². The van der Waals surface area contributed by atoms with E-state index < -0.39 is 0 Å². The maximum absolute atomic E-state index is 11.9. The van der Waals surface area contributed by atoms with Crippen LogP contribution in [0, 0.1) is 0 Å². The number of nitrogens with zero attached hydrogens (tertiary/aromatic N) is 2. The Hall–Kier alpha value is -2.34. The molecule has 2 aromatic rings. The molecule has 2 N–H and O–H groups in total. The number of halogens is 1. The van der Waals surface area contributed by atoms with Gasteiger partial charge in [-0.2, -0.15) is 0 Å². The van der Waals surface area contributed by atoms with Gasteiger partial charge in [-0.15, -0.1) is 0 Å². The summed E-state index contributed by atoms with van der Waals surface area (Å²) >= 11 is 3.44. The lowest BCUT2D eigenvalue weighted by molar-refractivity contribution is 0.0827. The number of rotatable bonds is 6. The number of carbonyl (C=O) groups excluding carboxylic acids is 1. The van der Waals surface area contributed by atoms with E-state index >= 15 is 0 Å². The third kappa shape index (κ3) is 6.19.